The number of hydrogen-bond acceptors (Lipinski definition) is 8. The Morgan fingerprint density at radius 1 is 1.10 bits per heavy atom. The van der Waals surface area contributed by atoms with Gasteiger partial charge < -0.3 is 19.7 Å². The fourth-order valence-electron chi connectivity index (χ4n) is 3.76. The van der Waals surface area contributed by atoms with Crippen LogP contribution >= 0.6 is 11.8 Å². The smallest absolute Gasteiger partial charge is 0.325 e. The molecule has 1 saturated heterocycles. The Kier molecular flexibility index (Phi) is 5.58. The summed E-state index contributed by atoms with van der Waals surface area (Å²) in [6.45, 7) is 2.15. The molecule has 10 nitrogen and oxygen atoms in total. The molecular formula is C20H24N6O4S. The van der Waals surface area contributed by atoms with Crippen LogP contribution in [0.4, 0.5) is 16.4 Å². The van der Waals surface area contributed by atoms with Crippen molar-refractivity contribution in [3.8, 4) is 11.5 Å². The molecule has 0 atom stereocenters. The van der Waals surface area contributed by atoms with Crippen molar-refractivity contribution in [2.45, 2.75) is 43.3 Å². The molecule has 5 rings (SSSR count). The van der Waals surface area contributed by atoms with Crippen LogP contribution in [0.25, 0.3) is 0 Å². The van der Waals surface area contributed by atoms with Crippen LogP contribution in [0.15, 0.2) is 23.4 Å². The SMILES string of the molecule is O=C(CSc1nnc(N2CCCCC2)n1C1CC1)NC(=O)Nc1ccc2c(c1)OCO2. The molecule has 0 bridgehead atoms. The Morgan fingerprint density at radius 3 is 2.71 bits per heavy atom. The summed E-state index contributed by atoms with van der Waals surface area (Å²) in [5, 5.41) is 14.5. The zero-order valence-electron chi connectivity index (χ0n) is 17.0. The number of anilines is 2. The summed E-state index contributed by atoms with van der Waals surface area (Å²) >= 11 is 1.31. The highest BCUT2D eigenvalue weighted by Gasteiger charge is 2.32. The first kappa shape index (κ1) is 20.0. The van der Waals surface area contributed by atoms with Gasteiger partial charge in [-0.05, 0) is 44.2 Å². The summed E-state index contributed by atoms with van der Waals surface area (Å²) in [5.74, 6) is 1.78. The Bertz CT molecular complexity index is 986. The number of urea groups is 1. The molecule has 31 heavy (non-hydrogen) atoms. The summed E-state index contributed by atoms with van der Waals surface area (Å²) in [6.07, 6.45) is 5.80. The van der Waals surface area contributed by atoms with Gasteiger partial charge in [-0.15, -0.1) is 10.2 Å². The van der Waals surface area contributed by atoms with Gasteiger partial charge in [-0.3, -0.25) is 14.7 Å². The van der Waals surface area contributed by atoms with Gasteiger partial charge in [0.05, 0.1) is 5.75 Å². The third-order valence-electron chi connectivity index (χ3n) is 5.41. The number of carbonyl (C=O) groups excluding carboxylic acids is 2. The highest BCUT2D eigenvalue weighted by Crippen LogP contribution is 2.41. The molecule has 2 aromatic rings. The fourth-order valence-corrected chi connectivity index (χ4v) is 4.56. The van der Waals surface area contributed by atoms with E-state index in [4.69, 9.17) is 9.47 Å². The lowest BCUT2D eigenvalue weighted by Crippen LogP contribution is -2.35. The van der Waals surface area contributed by atoms with Crippen LogP contribution in [0.3, 0.4) is 0 Å². The minimum Gasteiger partial charge on any atom is -0.454 e. The molecule has 2 N–H and O–H groups in total. The lowest BCUT2D eigenvalue weighted by Gasteiger charge is -2.27. The molecule has 3 aliphatic rings. The molecule has 1 aromatic heterocycles. The van der Waals surface area contributed by atoms with E-state index in [-0.39, 0.29) is 12.5 Å². The van der Waals surface area contributed by atoms with E-state index < -0.39 is 11.9 Å². The van der Waals surface area contributed by atoms with Crippen LogP contribution in [0, 0.1) is 0 Å². The highest BCUT2D eigenvalue weighted by molar-refractivity contribution is 7.99. The Morgan fingerprint density at radius 2 is 1.90 bits per heavy atom. The fraction of sp³-hybridized carbons (Fsp3) is 0.500. The minimum absolute atomic E-state index is 0.0828. The number of ether oxygens (including phenoxy) is 2. The molecule has 1 aromatic carbocycles. The molecule has 164 valence electrons. The average molecular weight is 445 g/mol. The van der Waals surface area contributed by atoms with Crippen molar-refractivity contribution in [3.63, 3.8) is 0 Å². The van der Waals surface area contributed by atoms with Gasteiger partial charge in [0.15, 0.2) is 16.7 Å². The summed E-state index contributed by atoms with van der Waals surface area (Å²) in [5.41, 5.74) is 0.516. The third-order valence-corrected chi connectivity index (χ3v) is 6.36. The average Bonchev–Trinajstić information content (AvgIpc) is 3.35. The summed E-state index contributed by atoms with van der Waals surface area (Å²) in [7, 11) is 0. The third kappa shape index (κ3) is 4.55. The summed E-state index contributed by atoms with van der Waals surface area (Å²) < 4.78 is 12.7. The van der Waals surface area contributed by atoms with Crippen LogP contribution in [0.2, 0.25) is 0 Å². The van der Waals surface area contributed by atoms with Gasteiger partial charge in [0.1, 0.15) is 0 Å². The van der Waals surface area contributed by atoms with E-state index in [0.29, 0.717) is 23.2 Å². The van der Waals surface area contributed by atoms with E-state index in [9.17, 15) is 9.59 Å². The van der Waals surface area contributed by atoms with Crippen molar-refractivity contribution in [2.24, 2.45) is 0 Å². The van der Waals surface area contributed by atoms with E-state index in [1.807, 2.05) is 0 Å². The molecule has 11 heteroatoms. The quantitative estimate of drug-likeness (QED) is 0.655. The second-order valence-corrected chi connectivity index (χ2v) is 8.73. The van der Waals surface area contributed by atoms with Crippen LogP contribution in [0.1, 0.15) is 38.1 Å². The van der Waals surface area contributed by atoms with Crippen molar-refractivity contribution < 1.29 is 19.1 Å². The second-order valence-electron chi connectivity index (χ2n) is 7.79. The Balaban J connectivity index is 1.16. The van der Waals surface area contributed by atoms with E-state index >= 15 is 0 Å². The molecule has 3 heterocycles. The number of aromatic nitrogens is 3. The number of rotatable bonds is 6. The summed E-state index contributed by atoms with van der Waals surface area (Å²) in [4.78, 5) is 26.8. The number of piperidine rings is 1. The number of hydrogen-bond donors (Lipinski definition) is 2. The number of nitrogens with one attached hydrogen (secondary N) is 2. The van der Waals surface area contributed by atoms with Crippen molar-refractivity contribution in [1.29, 1.82) is 0 Å². The molecule has 3 amide bonds. The molecule has 2 fully saturated rings. The van der Waals surface area contributed by atoms with Crippen molar-refractivity contribution >= 4 is 35.3 Å². The van der Waals surface area contributed by atoms with Gasteiger partial charge in [-0.2, -0.15) is 0 Å². The molecule has 2 aliphatic heterocycles. The predicted octanol–water partition coefficient (Wildman–Crippen LogP) is 2.77. The minimum atomic E-state index is -0.595. The highest BCUT2D eigenvalue weighted by atomic mass is 32.2. The van der Waals surface area contributed by atoms with Gasteiger partial charge in [0, 0.05) is 30.9 Å². The summed E-state index contributed by atoms with van der Waals surface area (Å²) in [6, 6.07) is 4.86. The molecule has 0 spiro atoms. The van der Waals surface area contributed by atoms with Crippen LogP contribution < -0.4 is 25.0 Å². The van der Waals surface area contributed by atoms with Gasteiger partial charge >= 0.3 is 6.03 Å². The maximum absolute atomic E-state index is 12.3. The predicted molar refractivity (Wildman–Crippen MR) is 115 cm³/mol. The Hall–Kier alpha value is -2.95. The monoisotopic (exact) mass is 444 g/mol. The zero-order chi connectivity index (χ0) is 21.2. The first-order chi connectivity index (χ1) is 15.2. The van der Waals surface area contributed by atoms with Gasteiger partial charge in [-0.25, -0.2) is 4.79 Å². The number of imide groups is 1. The van der Waals surface area contributed by atoms with E-state index in [2.05, 4.69) is 30.3 Å². The topological polar surface area (TPSA) is 111 Å². The number of fused-ring (bicyclic) bond motifs is 1. The van der Waals surface area contributed by atoms with Gasteiger partial charge in [0.2, 0.25) is 18.6 Å². The lowest BCUT2D eigenvalue weighted by molar-refractivity contribution is -0.117. The normalized spacial score (nSPS) is 17.5. The number of nitrogens with zero attached hydrogens (tertiary/aromatic N) is 4. The van der Waals surface area contributed by atoms with Crippen LogP contribution in [-0.2, 0) is 4.79 Å². The van der Waals surface area contributed by atoms with Gasteiger partial charge in [-0.1, -0.05) is 11.8 Å². The first-order valence-corrected chi connectivity index (χ1v) is 11.5. The molecule has 1 aliphatic carbocycles. The van der Waals surface area contributed by atoms with E-state index in [1.54, 1.807) is 18.2 Å². The Labute approximate surface area is 183 Å². The van der Waals surface area contributed by atoms with E-state index in [0.717, 1.165) is 37.0 Å². The maximum atomic E-state index is 12.3. The van der Waals surface area contributed by atoms with E-state index in [1.165, 1.54) is 31.0 Å². The zero-order valence-corrected chi connectivity index (χ0v) is 17.8. The molecule has 0 radical (unpaired) electrons. The second kappa shape index (κ2) is 8.66. The van der Waals surface area contributed by atoms with Crippen molar-refractivity contribution in [1.82, 2.24) is 20.1 Å². The van der Waals surface area contributed by atoms with Crippen LogP contribution in [-0.4, -0.2) is 52.3 Å². The van der Waals surface area contributed by atoms with Gasteiger partial charge in [0.25, 0.3) is 0 Å². The lowest BCUT2D eigenvalue weighted by atomic mass is 10.1. The number of thioether (sulfide) groups is 1. The molecular weight excluding hydrogens is 420 g/mol. The largest absolute Gasteiger partial charge is 0.454 e. The van der Waals surface area contributed by atoms with Crippen molar-refractivity contribution in [3.05, 3.63) is 18.2 Å². The molecule has 1 saturated carbocycles. The number of carbonyl (C=O) groups is 2. The van der Waals surface area contributed by atoms with Crippen LogP contribution in [0.5, 0.6) is 11.5 Å². The van der Waals surface area contributed by atoms with Crippen molar-refractivity contribution in [2.75, 3.05) is 35.9 Å². The standard InChI is InChI=1S/C20H24N6O4S/c27-17(22-18(28)21-13-4-7-15-16(10-13)30-12-29-15)11-31-20-24-23-19(26(20)14-5-6-14)25-8-2-1-3-9-25/h4,7,10,14H,1-3,5-6,8-9,11-12H2,(H2,21,22,27,28). The maximum Gasteiger partial charge on any atom is 0.325 e. The number of benzene rings is 1. The molecule has 0 unspecified atom stereocenters. The number of amides is 3. The first-order valence-electron chi connectivity index (χ1n) is 10.5.